The van der Waals surface area contributed by atoms with Crippen molar-refractivity contribution < 1.29 is 18.7 Å². The summed E-state index contributed by atoms with van der Waals surface area (Å²) in [5.41, 5.74) is -0.146. The van der Waals surface area contributed by atoms with Gasteiger partial charge < -0.3 is 9.90 Å². The van der Waals surface area contributed by atoms with Crippen LogP contribution in [0, 0.1) is 11.6 Å². The topological polar surface area (TPSA) is 37.3 Å². The number of carbonyl (C=O) groups excluding carboxylic acids is 1. The van der Waals surface area contributed by atoms with E-state index in [9.17, 15) is 13.6 Å². The second-order valence-electron chi connectivity index (χ2n) is 2.56. The maximum absolute atomic E-state index is 12.9. The lowest BCUT2D eigenvalue weighted by Crippen LogP contribution is -1.95. The number of rotatable bonds is 3. The highest BCUT2D eigenvalue weighted by Gasteiger charge is 2.11. The molecule has 0 unspecified atom stereocenters. The lowest BCUT2D eigenvalue weighted by atomic mass is 10.1. The van der Waals surface area contributed by atoms with E-state index in [1.807, 2.05) is 0 Å². The summed E-state index contributed by atoms with van der Waals surface area (Å²) in [6.45, 7) is 0. The molecule has 0 bridgehead atoms. The van der Waals surface area contributed by atoms with E-state index in [1.165, 1.54) is 0 Å². The third-order valence-corrected chi connectivity index (χ3v) is 1.68. The van der Waals surface area contributed by atoms with Crippen LogP contribution in [0.3, 0.4) is 0 Å². The summed E-state index contributed by atoms with van der Waals surface area (Å²) < 4.78 is 25.5. The Kier molecular flexibility index (Phi) is 2.95. The average Bonchev–Trinajstić information content (AvgIpc) is 2.12. The second kappa shape index (κ2) is 3.98. The van der Waals surface area contributed by atoms with E-state index in [1.54, 1.807) is 0 Å². The molecular weight excluding hydrogens is 178 g/mol. The van der Waals surface area contributed by atoms with Gasteiger partial charge >= 0.3 is 0 Å². The molecular formula is C9H8F2O2. The average molecular weight is 186 g/mol. The first-order valence-electron chi connectivity index (χ1n) is 3.76. The van der Waals surface area contributed by atoms with Crippen LogP contribution in [0.15, 0.2) is 12.1 Å². The van der Waals surface area contributed by atoms with Gasteiger partial charge in [-0.3, -0.25) is 0 Å². The molecule has 1 aromatic rings. The van der Waals surface area contributed by atoms with Crippen LogP contribution in [0.1, 0.15) is 12.0 Å². The summed E-state index contributed by atoms with van der Waals surface area (Å²) >= 11 is 0. The molecule has 70 valence electrons. The van der Waals surface area contributed by atoms with Gasteiger partial charge in [-0.2, -0.15) is 0 Å². The van der Waals surface area contributed by atoms with Crippen molar-refractivity contribution in [3.05, 3.63) is 29.3 Å². The van der Waals surface area contributed by atoms with Crippen LogP contribution in [0.4, 0.5) is 8.78 Å². The first-order valence-corrected chi connectivity index (χ1v) is 3.76. The summed E-state index contributed by atoms with van der Waals surface area (Å²) in [5, 5.41) is 9.12. The molecule has 1 aromatic carbocycles. The highest BCUT2D eigenvalue weighted by Crippen LogP contribution is 2.23. The minimum absolute atomic E-state index is 0.0128. The van der Waals surface area contributed by atoms with Crippen molar-refractivity contribution in [2.24, 2.45) is 0 Å². The zero-order valence-electron chi connectivity index (χ0n) is 6.76. The molecule has 0 atom stereocenters. The lowest BCUT2D eigenvalue weighted by Gasteiger charge is -2.03. The molecule has 0 spiro atoms. The number of aldehydes is 1. The molecule has 0 fully saturated rings. The fraction of sp³-hybridized carbons (Fsp3) is 0.222. The van der Waals surface area contributed by atoms with Crippen LogP contribution >= 0.6 is 0 Å². The molecule has 0 saturated carbocycles. The number of hydrogen-bond donors (Lipinski definition) is 1. The molecule has 0 amide bonds. The van der Waals surface area contributed by atoms with Crippen LogP contribution in [-0.2, 0) is 11.2 Å². The van der Waals surface area contributed by atoms with E-state index in [2.05, 4.69) is 0 Å². The van der Waals surface area contributed by atoms with Crippen molar-refractivity contribution in [2.45, 2.75) is 12.8 Å². The largest absolute Gasteiger partial charge is 0.508 e. The van der Waals surface area contributed by atoms with Gasteiger partial charge in [-0.25, -0.2) is 8.78 Å². The van der Waals surface area contributed by atoms with Gasteiger partial charge in [0.25, 0.3) is 0 Å². The van der Waals surface area contributed by atoms with Crippen molar-refractivity contribution in [1.82, 2.24) is 0 Å². The molecule has 0 saturated heterocycles. The molecule has 0 aliphatic carbocycles. The van der Waals surface area contributed by atoms with E-state index >= 15 is 0 Å². The highest BCUT2D eigenvalue weighted by molar-refractivity contribution is 5.51. The minimum atomic E-state index is -1.08. The number of phenolic OH excluding ortho intramolecular Hbond substituents is 1. The molecule has 1 rings (SSSR count). The molecule has 0 aromatic heterocycles. The van der Waals surface area contributed by atoms with Crippen molar-refractivity contribution >= 4 is 6.29 Å². The summed E-state index contributed by atoms with van der Waals surface area (Å²) in [6, 6.07) is 1.91. The molecule has 0 aliphatic rings. The van der Waals surface area contributed by atoms with Crippen LogP contribution in [0.25, 0.3) is 0 Å². The van der Waals surface area contributed by atoms with E-state index in [0.717, 1.165) is 12.1 Å². The van der Waals surface area contributed by atoms with Crippen molar-refractivity contribution in [3.8, 4) is 5.75 Å². The Balaban J connectivity index is 3.02. The van der Waals surface area contributed by atoms with E-state index in [4.69, 9.17) is 5.11 Å². The third kappa shape index (κ3) is 2.02. The standard InChI is InChI=1S/C9H8F2O2/c10-7-3-4-8(13)6(9(7)11)2-1-5-12/h3-5,13H,1-2H2. The van der Waals surface area contributed by atoms with Gasteiger partial charge in [0.1, 0.15) is 12.0 Å². The van der Waals surface area contributed by atoms with Gasteiger partial charge in [0.05, 0.1) is 0 Å². The number of carbonyl (C=O) groups is 1. The Labute approximate surface area is 73.8 Å². The Hall–Kier alpha value is -1.45. The fourth-order valence-electron chi connectivity index (χ4n) is 1.02. The third-order valence-electron chi connectivity index (χ3n) is 1.68. The molecule has 4 heteroatoms. The second-order valence-corrected chi connectivity index (χ2v) is 2.56. The summed E-state index contributed by atoms with van der Waals surface area (Å²) in [7, 11) is 0. The Morgan fingerprint density at radius 3 is 2.69 bits per heavy atom. The predicted molar refractivity (Wildman–Crippen MR) is 42.4 cm³/mol. The van der Waals surface area contributed by atoms with E-state index in [0.29, 0.717) is 6.29 Å². The quantitative estimate of drug-likeness (QED) is 0.731. The van der Waals surface area contributed by atoms with Gasteiger partial charge in [-0.15, -0.1) is 0 Å². The van der Waals surface area contributed by atoms with Crippen LogP contribution < -0.4 is 0 Å². The summed E-state index contributed by atoms with van der Waals surface area (Å²) in [6.07, 6.45) is 0.663. The van der Waals surface area contributed by atoms with E-state index in [-0.39, 0.29) is 24.2 Å². The van der Waals surface area contributed by atoms with Gasteiger partial charge in [-0.05, 0) is 18.6 Å². The van der Waals surface area contributed by atoms with Gasteiger partial charge in [0, 0.05) is 12.0 Å². The number of aromatic hydroxyl groups is 1. The number of hydrogen-bond acceptors (Lipinski definition) is 2. The van der Waals surface area contributed by atoms with Crippen LogP contribution in [0.5, 0.6) is 5.75 Å². The fourth-order valence-corrected chi connectivity index (χ4v) is 1.02. The van der Waals surface area contributed by atoms with Crippen LogP contribution in [0.2, 0.25) is 0 Å². The zero-order valence-corrected chi connectivity index (χ0v) is 6.76. The van der Waals surface area contributed by atoms with Crippen molar-refractivity contribution in [3.63, 3.8) is 0 Å². The normalized spacial score (nSPS) is 10.0. The smallest absolute Gasteiger partial charge is 0.165 e. The Morgan fingerprint density at radius 2 is 2.08 bits per heavy atom. The number of phenols is 1. The number of benzene rings is 1. The highest BCUT2D eigenvalue weighted by atomic mass is 19.2. The van der Waals surface area contributed by atoms with Gasteiger partial charge in [-0.1, -0.05) is 0 Å². The summed E-state index contributed by atoms with van der Waals surface area (Å²) in [5.74, 6) is -2.42. The van der Waals surface area contributed by atoms with Gasteiger partial charge in [0.15, 0.2) is 11.6 Å². The Morgan fingerprint density at radius 1 is 1.38 bits per heavy atom. The lowest BCUT2D eigenvalue weighted by molar-refractivity contribution is -0.107. The molecule has 2 nitrogen and oxygen atoms in total. The first kappa shape index (κ1) is 9.64. The molecule has 1 N–H and O–H groups in total. The maximum Gasteiger partial charge on any atom is 0.165 e. The first-order chi connectivity index (χ1) is 6.16. The predicted octanol–water partition coefficient (Wildman–Crippen LogP) is 1.80. The Bertz CT molecular complexity index is 324. The minimum Gasteiger partial charge on any atom is -0.508 e. The monoisotopic (exact) mass is 186 g/mol. The molecule has 0 aliphatic heterocycles. The molecule has 0 heterocycles. The SMILES string of the molecule is O=CCCc1c(O)ccc(F)c1F. The maximum atomic E-state index is 12.9. The van der Waals surface area contributed by atoms with E-state index < -0.39 is 11.6 Å². The molecule has 0 radical (unpaired) electrons. The molecule has 13 heavy (non-hydrogen) atoms. The zero-order chi connectivity index (χ0) is 9.84. The van der Waals surface area contributed by atoms with Gasteiger partial charge in [0.2, 0.25) is 0 Å². The number of halogens is 2. The van der Waals surface area contributed by atoms with Crippen molar-refractivity contribution in [2.75, 3.05) is 0 Å². The summed E-state index contributed by atoms with van der Waals surface area (Å²) in [4.78, 5) is 9.99. The van der Waals surface area contributed by atoms with Crippen molar-refractivity contribution in [1.29, 1.82) is 0 Å². The van der Waals surface area contributed by atoms with Crippen LogP contribution in [-0.4, -0.2) is 11.4 Å².